The third-order valence-corrected chi connectivity index (χ3v) is 5.17. The first kappa shape index (κ1) is 20.4. The number of thiophene rings is 1. The number of hydrogen-bond acceptors (Lipinski definition) is 5. The number of carbonyl (C=O) groups is 2. The number of nitrogens with zero attached hydrogens (tertiary/aromatic N) is 1. The molecule has 2 aromatic rings. The summed E-state index contributed by atoms with van der Waals surface area (Å²) in [6.07, 6.45) is 0. The van der Waals surface area contributed by atoms with E-state index in [-0.39, 0.29) is 36.8 Å². The summed E-state index contributed by atoms with van der Waals surface area (Å²) in [4.78, 5) is 26.9. The number of halogens is 1. The molecule has 4 N–H and O–H groups in total. The molecule has 3 rings (SSSR count). The van der Waals surface area contributed by atoms with Gasteiger partial charge in [0, 0.05) is 29.9 Å². The summed E-state index contributed by atoms with van der Waals surface area (Å²) in [5, 5.41) is 7.00. The Morgan fingerprint density at radius 3 is 2.62 bits per heavy atom. The fourth-order valence-electron chi connectivity index (χ4n) is 3.09. The van der Waals surface area contributed by atoms with E-state index in [0.29, 0.717) is 13.1 Å². The van der Waals surface area contributed by atoms with E-state index in [2.05, 4.69) is 22.8 Å². The number of likely N-dealkylation sites (tertiary alicyclic amines) is 1. The largest absolute Gasteiger partial charge is 0.333 e. The van der Waals surface area contributed by atoms with Gasteiger partial charge in [-0.3, -0.25) is 15.0 Å². The van der Waals surface area contributed by atoms with Gasteiger partial charge in [-0.2, -0.15) is 0 Å². The van der Waals surface area contributed by atoms with E-state index in [0.717, 1.165) is 11.4 Å². The van der Waals surface area contributed by atoms with Crippen molar-refractivity contribution < 1.29 is 9.59 Å². The van der Waals surface area contributed by atoms with E-state index >= 15 is 0 Å². The molecule has 1 aliphatic rings. The van der Waals surface area contributed by atoms with Gasteiger partial charge in [-0.15, -0.1) is 23.7 Å². The zero-order valence-electron chi connectivity index (χ0n) is 14.3. The van der Waals surface area contributed by atoms with Crippen molar-refractivity contribution in [2.45, 2.75) is 18.5 Å². The zero-order valence-corrected chi connectivity index (χ0v) is 15.9. The lowest BCUT2D eigenvalue weighted by molar-refractivity contribution is -0.120. The SMILES string of the molecule is Cl.N[C@@H]1CN(CC(=O)NC(=O)NCc2cccs2)C[C@H]1c1ccccc1. The van der Waals surface area contributed by atoms with Crippen molar-refractivity contribution in [3.05, 3.63) is 58.3 Å². The lowest BCUT2D eigenvalue weighted by Crippen LogP contribution is -2.44. The lowest BCUT2D eigenvalue weighted by Gasteiger charge is -2.15. The molecule has 0 spiro atoms. The van der Waals surface area contributed by atoms with Gasteiger partial charge in [0.25, 0.3) is 0 Å². The molecule has 1 aliphatic heterocycles. The maximum Gasteiger partial charge on any atom is 0.321 e. The van der Waals surface area contributed by atoms with E-state index < -0.39 is 6.03 Å². The molecule has 2 heterocycles. The average Bonchev–Trinajstić information content (AvgIpc) is 3.23. The van der Waals surface area contributed by atoms with E-state index in [1.807, 2.05) is 40.6 Å². The van der Waals surface area contributed by atoms with Crippen LogP contribution in [0.5, 0.6) is 0 Å². The molecule has 1 saturated heterocycles. The molecule has 2 atom stereocenters. The molecule has 0 saturated carbocycles. The number of urea groups is 1. The van der Waals surface area contributed by atoms with Gasteiger partial charge in [0.2, 0.25) is 5.91 Å². The van der Waals surface area contributed by atoms with Gasteiger partial charge in [-0.25, -0.2) is 4.79 Å². The molecule has 6 nitrogen and oxygen atoms in total. The van der Waals surface area contributed by atoms with Gasteiger partial charge >= 0.3 is 6.03 Å². The van der Waals surface area contributed by atoms with Crippen LogP contribution in [0.2, 0.25) is 0 Å². The Morgan fingerprint density at radius 1 is 1.15 bits per heavy atom. The molecule has 1 fully saturated rings. The van der Waals surface area contributed by atoms with Crippen molar-refractivity contribution in [2.75, 3.05) is 19.6 Å². The van der Waals surface area contributed by atoms with Crippen LogP contribution in [-0.4, -0.2) is 42.5 Å². The topological polar surface area (TPSA) is 87.5 Å². The minimum atomic E-state index is -0.471. The Balaban J connectivity index is 0.00000243. The van der Waals surface area contributed by atoms with E-state index in [4.69, 9.17) is 5.73 Å². The van der Waals surface area contributed by atoms with Crippen LogP contribution < -0.4 is 16.4 Å². The number of benzene rings is 1. The van der Waals surface area contributed by atoms with Crippen molar-refractivity contribution in [1.29, 1.82) is 0 Å². The van der Waals surface area contributed by atoms with Gasteiger partial charge in [0.15, 0.2) is 0 Å². The number of nitrogens with one attached hydrogen (secondary N) is 2. The second kappa shape index (κ2) is 9.68. The summed E-state index contributed by atoms with van der Waals surface area (Å²) in [7, 11) is 0. The summed E-state index contributed by atoms with van der Waals surface area (Å²) in [6, 6.07) is 13.5. The molecular weight excluding hydrogens is 372 g/mol. The lowest BCUT2D eigenvalue weighted by atomic mass is 9.95. The van der Waals surface area contributed by atoms with Crippen LogP contribution in [-0.2, 0) is 11.3 Å². The molecular formula is C18H23ClN4O2S. The van der Waals surface area contributed by atoms with Crippen LogP contribution in [0.1, 0.15) is 16.4 Å². The minimum absolute atomic E-state index is 0. The van der Waals surface area contributed by atoms with Crippen molar-refractivity contribution in [3.8, 4) is 0 Å². The van der Waals surface area contributed by atoms with Gasteiger partial charge in [0.05, 0.1) is 13.1 Å². The number of imide groups is 1. The normalized spacial score (nSPS) is 19.6. The fraction of sp³-hybridized carbons (Fsp3) is 0.333. The third kappa shape index (κ3) is 5.54. The second-order valence-corrected chi connectivity index (χ2v) is 7.22. The van der Waals surface area contributed by atoms with Crippen LogP contribution in [0.15, 0.2) is 47.8 Å². The zero-order chi connectivity index (χ0) is 17.6. The predicted octanol–water partition coefficient (Wildman–Crippen LogP) is 1.92. The average molecular weight is 395 g/mol. The first-order chi connectivity index (χ1) is 12.1. The van der Waals surface area contributed by atoms with Gasteiger partial charge in [-0.05, 0) is 17.0 Å². The highest BCUT2D eigenvalue weighted by Gasteiger charge is 2.32. The van der Waals surface area contributed by atoms with Crippen LogP contribution in [0, 0.1) is 0 Å². The highest BCUT2D eigenvalue weighted by molar-refractivity contribution is 7.09. The number of nitrogens with two attached hydrogens (primary N) is 1. The molecule has 26 heavy (non-hydrogen) atoms. The molecule has 140 valence electrons. The molecule has 1 aromatic carbocycles. The smallest absolute Gasteiger partial charge is 0.321 e. The summed E-state index contributed by atoms with van der Waals surface area (Å²) in [6.45, 7) is 1.95. The van der Waals surface area contributed by atoms with Gasteiger partial charge < -0.3 is 11.1 Å². The predicted molar refractivity (Wildman–Crippen MR) is 106 cm³/mol. The van der Waals surface area contributed by atoms with Crippen LogP contribution in [0.25, 0.3) is 0 Å². The van der Waals surface area contributed by atoms with Crippen LogP contribution >= 0.6 is 23.7 Å². The monoisotopic (exact) mass is 394 g/mol. The van der Waals surface area contributed by atoms with E-state index in [9.17, 15) is 9.59 Å². The Hall–Kier alpha value is -1.93. The standard InChI is InChI=1S/C18H22N4O2S.ClH/c19-16-11-22(10-15(16)13-5-2-1-3-6-13)12-17(23)21-18(24)20-9-14-7-4-8-25-14;/h1-8,15-16H,9-12,19H2,(H2,20,21,23,24);1H/t15-,16+;/m0./s1. The van der Waals surface area contributed by atoms with Crippen molar-refractivity contribution in [2.24, 2.45) is 5.73 Å². The van der Waals surface area contributed by atoms with Crippen molar-refractivity contribution >= 4 is 35.7 Å². The number of amides is 3. The second-order valence-electron chi connectivity index (χ2n) is 6.19. The van der Waals surface area contributed by atoms with E-state index in [1.165, 1.54) is 5.56 Å². The number of carbonyl (C=O) groups excluding carboxylic acids is 2. The van der Waals surface area contributed by atoms with Crippen LogP contribution in [0.4, 0.5) is 4.79 Å². The first-order valence-electron chi connectivity index (χ1n) is 8.25. The molecule has 0 radical (unpaired) electrons. The fourth-order valence-corrected chi connectivity index (χ4v) is 3.73. The molecule has 3 amide bonds. The quantitative estimate of drug-likeness (QED) is 0.723. The third-order valence-electron chi connectivity index (χ3n) is 4.29. The maximum absolute atomic E-state index is 12.1. The van der Waals surface area contributed by atoms with Gasteiger partial charge in [-0.1, -0.05) is 36.4 Å². The minimum Gasteiger partial charge on any atom is -0.333 e. The number of hydrogen-bond donors (Lipinski definition) is 3. The molecule has 0 unspecified atom stereocenters. The van der Waals surface area contributed by atoms with E-state index in [1.54, 1.807) is 11.3 Å². The molecule has 1 aromatic heterocycles. The first-order valence-corrected chi connectivity index (χ1v) is 9.12. The summed E-state index contributed by atoms with van der Waals surface area (Å²) < 4.78 is 0. The van der Waals surface area contributed by atoms with Crippen molar-refractivity contribution in [1.82, 2.24) is 15.5 Å². The Kier molecular flexibility index (Phi) is 7.59. The Bertz CT molecular complexity index is 711. The number of rotatable bonds is 5. The molecule has 0 aliphatic carbocycles. The highest BCUT2D eigenvalue weighted by Crippen LogP contribution is 2.25. The van der Waals surface area contributed by atoms with Crippen molar-refractivity contribution in [3.63, 3.8) is 0 Å². The maximum atomic E-state index is 12.1. The highest BCUT2D eigenvalue weighted by atomic mass is 35.5. The Labute approximate surface area is 163 Å². The van der Waals surface area contributed by atoms with Crippen LogP contribution in [0.3, 0.4) is 0 Å². The molecule has 0 bridgehead atoms. The molecule has 8 heteroatoms. The summed E-state index contributed by atoms with van der Waals surface area (Å²) in [5.74, 6) is -0.105. The summed E-state index contributed by atoms with van der Waals surface area (Å²) >= 11 is 1.56. The summed E-state index contributed by atoms with van der Waals surface area (Å²) in [5.41, 5.74) is 7.42. The Morgan fingerprint density at radius 2 is 1.92 bits per heavy atom. The van der Waals surface area contributed by atoms with Gasteiger partial charge in [0.1, 0.15) is 0 Å².